The molecule has 2 aromatic rings. The topological polar surface area (TPSA) is 78.3 Å². The number of nitrogens with zero attached hydrogens (tertiary/aromatic N) is 2. The zero-order valence-corrected chi connectivity index (χ0v) is 14.3. The number of hydrogen-bond donors (Lipinski definition) is 0. The summed E-state index contributed by atoms with van der Waals surface area (Å²) in [6.07, 6.45) is 4.72. The van der Waals surface area contributed by atoms with E-state index in [0.717, 1.165) is 5.56 Å². The average molecular weight is 348 g/mol. The van der Waals surface area contributed by atoms with E-state index in [1.165, 1.54) is 0 Å². The number of hydrogen-bond acceptors (Lipinski definition) is 5. The molecule has 128 valence electrons. The van der Waals surface area contributed by atoms with Crippen LogP contribution in [0, 0.1) is 6.92 Å². The number of rotatable bonds is 6. The molecule has 0 unspecified atom stereocenters. The third kappa shape index (κ3) is 2.84. The molecule has 1 heterocycles. The summed E-state index contributed by atoms with van der Waals surface area (Å²) in [6, 6.07) is 8.37. The van der Waals surface area contributed by atoms with Crippen LogP contribution in [0.15, 0.2) is 47.6 Å². The second-order valence-corrected chi connectivity index (χ2v) is 8.33. The molecule has 0 saturated heterocycles. The van der Waals surface area contributed by atoms with E-state index >= 15 is 0 Å². The predicted octanol–water partition coefficient (Wildman–Crippen LogP) is 2.13. The van der Waals surface area contributed by atoms with Crippen LogP contribution in [0.2, 0.25) is 0 Å². The first-order valence-electron chi connectivity index (χ1n) is 7.92. The van der Waals surface area contributed by atoms with Crippen LogP contribution < -0.4 is 0 Å². The number of sulfone groups is 1. The van der Waals surface area contributed by atoms with Crippen LogP contribution in [0.5, 0.6) is 0 Å². The van der Waals surface area contributed by atoms with Crippen molar-refractivity contribution in [1.82, 2.24) is 9.78 Å². The van der Waals surface area contributed by atoms with E-state index in [4.69, 9.17) is 4.74 Å². The van der Waals surface area contributed by atoms with Crippen molar-refractivity contribution >= 4 is 15.8 Å². The number of esters is 1. The monoisotopic (exact) mass is 348 g/mol. The largest absolute Gasteiger partial charge is 0.463 e. The summed E-state index contributed by atoms with van der Waals surface area (Å²) in [5.74, 6) is -0.651. The third-order valence-electron chi connectivity index (χ3n) is 4.49. The highest BCUT2D eigenvalue weighted by atomic mass is 32.2. The molecule has 0 N–H and O–H groups in total. The highest BCUT2D eigenvalue weighted by Crippen LogP contribution is 2.43. The van der Waals surface area contributed by atoms with Crippen LogP contribution in [-0.4, -0.2) is 35.5 Å². The van der Waals surface area contributed by atoms with Crippen LogP contribution in [0.25, 0.3) is 0 Å². The maximum atomic E-state index is 13.0. The van der Waals surface area contributed by atoms with Gasteiger partial charge in [-0.2, -0.15) is 5.10 Å². The Labute approximate surface area is 141 Å². The van der Waals surface area contributed by atoms with Crippen LogP contribution in [0.3, 0.4) is 0 Å². The van der Waals surface area contributed by atoms with Crippen molar-refractivity contribution < 1.29 is 17.9 Å². The second kappa shape index (κ2) is 6.39. The minimum Gasteiger partial charge on any atom is -0.463 e. The summed E-state index contributed by atoms with van der Waals surface area (Å²) in [7, 11) is -3.76. The molecule has 0 aliphatic heterocycles. The molecule has 0 bridgehead atoms. The molecule has 3 rings (SSSR count). The van der Waals surface area contributed by atoms with Crippen molar-refractivity contribution in [2.75, 3.05) is 6.61 Å². The van der Waals surface area contributed by atoms with Crippen LogP contribution in [0.4, 0.5) is 0 Å². The van der Waals surface area contributed by atoms with E-state index in [9.17, 15) is 13.2 Å². The SMILES string of the molecule is Cc1ccc(S(=O)(=O)C2(C(=O)OCCn3cccn3)CCC2)cc1. The lowest BCUT2D eigenvalue weighted by Gasteiger charge is -2.38. The van der Waals surface area contributed by atoms with E-state index < -0.39 is 20.6 Å². The van der Waals surface area contributed by atoms with Crippen molar-refractivity contribution in [3.8, 4) is 0 Å². The van der Waals surface area contributed by atoms with Gasteiger partial charge in [0.2, 0.25) is 0 Å². The van der Waals surface area contributed by atoms with Gasteiger partial charge in [-0.15, -0.1) is 0 Å². The van der Waals surface area contributed by atoms with Crippen molar-refractivity contribution in [3.63, 3.8) is 0 Å². The van der Waals surface area contributed by atoms with E-state index in [0.29, 0.717) is 25.8 Å². The summed E-state index contributed by atoms with van der Waals surface area (Å²) >= 11 is 0. The van der Waals surface area contributed by atoms with E-state index in [2.05, 4.69) is 5.10 Å². The first kappa shape index (κ1) is 16.7. The van der Waals surface area contributed by atoms with Gasteiger partial charge in [0.05, 0.1) is 11.4 Å². The number of carbonyl (C=O) groups excluding carboxylic acids is 1. The highest BCUT2D eigenvalue weighted by Gasteiger charge is 2.56. The molecule has 1 aliphatic rings. The molecule has 6 nitrogen and oxygen atoms in total. The molecule has 1 aliphatic carbocycles. The Morgan fingerprint density at radius 3 is 2.54 bits per heavy atom. The summed E-state index contributed by atoms with van der Waals surface area (Å²) in [6.45, 7) is 2.39. The average Bonchev–Trinajstić information content (AvgIpc) is 2.99. The highest BCUT2D eigenvalue weighted by molar-refractivity contribution is 7.93. The zero-order valence-electron chi connectivity index (χ0n) is 13.5. The first-order valence-corrected chi connectivity index (χ1v) is 9.40. The number of aromatic nitrogens is 2. The van der Waals surface area contributed by atoms with Gasteiger partial charge in [0.15, 0.2) is 14.6 Å². The number of benzene rings is 1. The summed E-state index contributed by atoms with van der Waals surface area (Å²) < 4.78 is 31.4. The van der Waals surface area contributed by atoms with Crippen molar-refractivity contribution in [3.05, 3.63) is 48.3 Å². The van der Waals surface area contributed by atoms with Gasteiger partial charge in [0.1, 0.15) is 6.61 Å². The summed E-state index contributed by atoms with van der Waals surface area (Å²) in [5.41, 5.74) is 0.971. The van der Waals surface area contributed by atoms with Crippen LogP contribution >= 0.6 is 0 Å². The molecule has 0 radical (unpaired) electrons. The molecule has 1 fully saturated rings. The number of ether oxygens (including phenoxy) is 1. The smallest absolute Gasteiger partial charge is 0.327 e. The van der Waals surface area contributed by atoms with Gasteiger partial charge in [0.25, 0.3) is 0 Å². The van der Waals surface area contributed by atoms with Gasteiger partial charge >= 0.3 is 5.97 Å². The maximum absolute atomic E-state index is 13.0. The summed E-state index contributed by atoms with van der Waals surface area (Å²) in [4.78, 5) is 12.7. The molecule has 7 heteroatoms. The van der Waals surface area contributed by atoms with E-state index in [1.54, 1.807) is 47.4 Å². The van der Waals surface area contributed by atoms with Crippen molar-refractivity contribution in [2.45, 2.75) is 42.4 Å². The zero-order chi connectivity index (χ0) is 17.2. The Morgan fingerprint density at radius 1 is 1.29 bits per heavy atom. The third-order valence-corrected chi connectivity index (χ3v) is 6.99. The lowest BCUT2D eigenvalue weighted by Crippen LogP contribution is -2.53. The Balaban J connectivity index is 1.75. The lowest BCUT2D eigenvalue weighted by atomic mass is 9.84. The Hall–Kier alpha value is -2.15. The predicted molar refractivity (Wildman–Crippen MR) is 88.1 cm³/mol. The molecular weight excluding hydrogens is 328 g/mol. The molecular formula is C17H20N2O4S. The molecule has 1 saturated carbocycles. The molecule has 1 aromatic heterocycles. The van der Waals surface area contributed by atoms with E-state index in [-0.39, 0.29) is 11.5 Å². The molecule has 0 atom stereocenters. The van der Waals surface area contributed by atoms with Gasteiger partial charge in [-0.1, -0.05) is 17.7 Å². The molecule has 1 aromatic carbocycles. The fourth-order valence-corrected chi connectivity index (χ4v) is 4.87. The van der Waals surface area contributed by atoms with E-state index in [1.807, 2.05) is 6.92 Å². The fourth-order valence-electron chi connectivity index (χ4n) is 2.82. The Kier molecular flexibility index (Phi) is 4.45. The van der Waals surface area contributed by atoms with Gasteiger partial charge < -0.3 is 4.74 Å². The maximum Gasteiger partial charge on any atom is 0.327 e. The van der Waals surface area contributed by atoms with Gasteiger partial charge in [-0.05, 0) is 44.4 Å². The number of carbonyl (C=O) groups is 1. The summed E-state index contributed by atoms with van der Waals surface area (Å²) in [5, 5.41) is 4.02. The van der Waals surface area contributed by atoms with Gasteiger partial charge in [-0.25, -0.2) is 8.42 Å². The first-order chi connectivity index (χ1) is 11.5. The molecule has 0 amide bonds. The normalized spacial score (nSPS) is 16.4. The van der Waals surface area contributed by atoms with Gasteiger partial charge in [0, 0.05) is 12.4 Å². The van der Waals surface area contributed by atoms with Crippen LogP contribution in [0.1, 0.15) is 24.8 Å². The van der Waals surface area contributed by atoms with Crippen LogP contribution in [-0.2, 0) is 25.9 Å². The minimum atomic E-state index is -3.76. The standard InChI is InChI=1S/C17H20N2O4S/c1-14-4-6-15(7-5-14)24(21,22)17(8-2-9-17)16(20)23-13-12-19-11-3-10-18-19/h3-7,10-11H,2,8-9,12-13H2,1H3. The van der Waals surface area contributed by atoms with Crippen molar-refractivity contribution in [2.24, 2.45) is 0 Å². The minimum absolute atomic E-state index is 0.103. The number of aryl methyl sites for hydroxylation is 1. The lowest BCUT2D eigenvalue weighted by molar-refractivity contribution is -0.149. The molecule has 0 spiro atoms. The second-order valence-electron chi connectivity index (χ2n) is 6.07. The molecule has 24 heavy (non-hydrogen) atoms. The Bertz CT molecular complexity index is 807. The quantitative estimate of drug-likeness (QED) is 0.747. The van der Waals surface area contributed by atoms with Crippen molar-refractivity contribution in [1.29, 1.82) is 0 Å². The van der Waals surface area contributed by atoms with Gasteiger partial charge in [-0.3, -0.25) is 9.48 Å². The Morgan fingerprint density at radius 2 is 2.00 bits per heavy atom. The fraction of sp³-hybridized carbons (Fsp3) is 0.412.